The first kappa shape index (κ1) is 12.3. The lowest BCUT2D eigenvalue weighted by Crippen LogP contribution is -2.44. The Labute approximate surface area is 113 Å². The maximum atomic E-state index is 5.87. The van der Waals surface area contributed by atoms with Gasteiger partial charge in [0.1, 0.15) is 0 Å². The fourth-order valence-electron chi connectivity index (χ4n) is 2.67. The lowest BCUT2D eigenvalue weighted by Gasteiger charge is -2.36. The molecule has 5 nitrogen and oxygen atoms in total. The van der Waals surface area contributed by atoms with Crippen LogP contribution in [0.25, 0.3) is 0 Å². The van der Waals surface area contributed by atoms with Gasteiger partial charge in [-0.05, 0) is 39.3 Å². The predicted octanol–water partition coefficient (Wildman–Crippen LogP) is 1.64. The lowest BCUT2D eigenvalue weighted by atomic mass is 10.1. The van der Waals surface area contributed by atoms with Gasteiger partial charge in [0.05, 0.1) is 24.0 Å². The van der Waals surface area contributed by atoms with Crippen molar-refractivity contribution in [1.82, 2.24) is 14.7 Å². The molecule has 18 heavy (non-hydrogen) atoms. The van der Waals surface area contributed by atoms with Gasteiger partial charge in [0.25, 0.3) is 0 Å². The number of hydrogen-bond donors (Lipinski definition) is 1. The molecule has 0 radical (unpaired) electrons. The van der Waals surface area contributed by atoms with E-state index < -0.39 is 0 Å². The van der Waals surface area contributed by atoms with Gasteiger partial charge in [-0.2, -0.15) is 5.10 Å². The number of piperidine rings is 1. The Hall–Kier alpha value is -0.720. The van der Waals surface area contributed by atoms with E-state index in [1.165, 1.54) is 44.4 Å². The smallest absolute Gasteiger partial charge is 0.0865 e. The van der Waals surface area contributed by atoms with Crippen LogP contribution in [-0.4, -0.2) is 40.9 Å². The highest BCUT2D eigenvalue weighted by Gasteiger charge is 2.28. The van der Waals surface area contributed by atoms with Crippen molar-refractivity contribution >= 4 is 17.8 Å². The number of hydrogen-bond acceptors (Lipinski definition) is 5. The first-order chi connectivity index (χ1) is 8.78. The molecule has 2 fully saturated rings. The second-order valence-corrected chi connectivity index (χ2v) is 6.00. The summed E-state index contributed by atoms with van der Waals surface area (Å²) in [6.07, 6.45) is 9.09. The molecule has 2 aliphatic rings. The summed E-state index contributed by atoms with van der Waals surface area (Å²) in [5.74, 6) is 0. The summed E-state index contributed by atoms with van der Waals surface area (Å²) in [5, 5.41) is 10.3. The number of aromatic nitrogens is 2. The molecular formula is C12H21N5S. The lowest BCUT2D eigenvalue weighted by molar-refractivity contribution is 0.254. The van der Waals surface area contributed by atoms with Crippen LogP contribution in [0.15, 0.2) is 12.4 Å². The van der Waals surface area contributed by atoms with E-state index in [9.17, 15) is 0 Å². The normalized spacial score (nSPS) is 25.3. The molecule has 1 atom stereocenters. The molecule has 0 spiro atoms. The monoisotopic (exact) mass is 267 g/mol. The third-order valence-electron chi connectivity index (χ3n) is 3.81. The first-order valence-corrected chi connectivity index (χ1v) is 7.50. The van der Waals surface area contributed by atoms with Gasteiger partial charge < -0.3 is 4.90 Å². The van der Waals surface area contributed by atoms with Gasteiger partial charge in [0.15, 0.2) is 0 Å². The van der Waals surface area contributed by atoms with Gasteiger partial charge in [0, 0.05) is 24.9 Å². The van der Waals surface area contributed by atoms with E-state index in [4.69, 9.17) is 5.14 Å². The maximum absolute atomic E-state index is 5.87. The quantitative estimate of drug-likeness (QED) is 0.841. The van der Waals surface area contributed by atoms with Gasteiger partial charge >= 0.3 is 0 Å². The number of anilines is 1. The standard InChI is InChI=1S/C12H21N5S/c1-15-6-2-3-11(8-15)17(18-13)12-7-14-16(9-12)10-4-5-10/h7,9-11H,2-6,8,13H2,1H3. The van der Waals surface area contributed by atoms with Crippen molar-refractivity contribution < 1.29 is 0 Å². The van der Waals surface area contributed by atoms with Gasteiger partial charge in [-0.1, -0.05) is 0 Å². The molecule has 1 aromatic rings. The molecule has 2 N–H and O–H groups in total. The van der Waals surface area contributed by atoms with Crippen LogP contribution >= 0.6 is 12.1 Å². The highest BCUT2D eigenvalue weighted by Crippen LogP contribution is 2.36. The molecule has 0 bridgehead atoms. The van der Waals surface area contributed by atoms with Crippen molar-refractivity contribution in [2.45, 2.75) is 37.8 Å². The molecule has 1 unspecified atom stereocenters. The van der Waals surface area contributed by atoms with Crippen LogP contribution in [-0.2, 0) is 0 Å². The summed E-state index contributed by atoms with van der Waals surface area (Å²) in [7, 11) is 2.18. The van der Waals surface area contributed by atoms with Crippen LogP contribution in [0.3, 0.4) is 0 Å². The zero-order valence-corrected chi connectivity index (χ0v) is 11.6. The fourth-order valence-corrected chi connectivity index (χ4v) is 3.23. The average molecular weight is 267 g/mol. The number of rotatable bonds is 4. The van der Waals surface area contributed by atoms with E-state index in [-0.39, 0.29) is 0 Å². The van der Waals surface area contributed by atoms with Crippen LogP contribution in [0.1, 0.15) is 31.7 Å². The Bertz CT molecular complexity index is 403. The van der Waals surface area contributed by atoms with Crippen LogP contribution < -0.4 is 9.44 Å². The Kier molecular flexibility index (Phi) is 3.50. The van der Waals surface area contributed by atoms with Gasteiger partial charge in [-0.3, -0.25) is 14.1 Å². The van der Waals surface area contributed by atoms with Gasteiger partial charge in [0.2, 0.25) is 0 Å². The summed E-state index contributed by atoms with van der Waals surface area (Å²) >= 11 is 1.33. The molecule has 1 aliphatic carbocycles. The van der Waals surface area contributed by atoms with Crippen LogP contribution in [0.2, 0.25) is 0 Å². The third kappa shape index (κ3) is 2.50. The zero-order valence-electron chi connectivity index (χ0n) is 10.8. The van der Waals surface area contributed by atoms with Crippen LogP contribution in [0, 0.1) is 0 Å². The van der Waals surface area contributed by atoms with Crippen molar-refractivity contribution in [1.29, 1.82) is 0 Å². The molecule has 0 amide bonds. The summed E-state index contributed by atoms with van der Waals surface area (Å²) in [5.41, 5.74) is 1.15. The Morgan fingerprint density at radius 3 is 2.94 bits per heavy atom. The summed E-state index contributed by atoms with van der Waals surface area (Å²) in [6.45, 7) is 2.28. The van der Waals surface area contributed by atoms with Gasteiger partial charge in [-0.15, -0.1) is 0 Å². The Balaban J connectivity index is 1.73. The molecule has 100 valence electrons. The average Bonchev–Trinajstić information content (AvgIpc) is 3.11. The van der Waals surface area contributed by atoms with Crippen molar-refractivity contribution in [2.75, 3.05) is 24.4 Å². The van der Waals surface area contributed by atoms with Crippen molar-refractivity contribution in [3.63, 3.8) is 0 Å². The molecule has 1 saturated heterocycles. The van der Waals surface area contributed by atoms with Crippen LogP contribution in [0.5, 0.6) is 0 Å². The number of nitrogens with zero attached hydrogens (tertiary/aromatic N) is 4. The van der Waals surface area contributed by atoms with E-state index >= 15 is 0 Å². The predicted molar refractivity (Wildman–Crippen MR) is 75.3 cm³/mol. The topological polar surface area (TPSA) is 50.3 Å². The minimum Gasteiger partial charge on any atom is -0.304 e. The van der Waals surface area contributed by atoms with E-state index in [2.05, 4.69) is 32.2 Å². The Morgan fingerprint density at radius 2 is 2.28 bits per heavy atom. The van der Waals surface area contributed by atoms with Crippen molar-refractivity contribution in [3.05, 3.63) is 12.4 Å². The first-order valence-electron chi connectivity index (χ1n) is 6.66. The van der Waals surface area contributed by atoms with E-state index in [1.54, 1.807) is 0 Å². The second kappa shape index (κ2) is 5.11. The molecule has 2 heterocycles. The van der Waals surface area contributed by atoms with E-state index in [1.807, 2.05) is 6.20 Å². The molecule has 1 saturated carbocycles. The minimum atomic E-state index is 0.496. The fraction of sp³-hybridized carbons (Fsp3) is 0.750. The molecule has 1 aliphatic heterocycles. The van der Waals surface area contributed by atoms with Gasteiger partial charge in [-0.25, -0.2) is 0 Å². The largest absolute Gasteiger partial charge is 0.304 e. The molecule has 6 heteroatoms. The molecule has 1 aromatic heterocycles. The summed E-state index contributed by atoms with van der Waals surface area (Å²) in [4.78, 5) is 2.38. The highest BCUT2D eigenvalue weighted by molar-refractivity contribution is 7.98. The van der Waals surface area contributed by atoms with E-state index in [0.717, 1.165) is 12.2 Å². The zero-order chi connectivity index (χ0) is 12.5. The Morgan fingerprint density at radius 1 is 1.44 bits per heavy atom. The second-order valence-electron chi connectivity index (χ2n) is 5.40. The summed E-state index contributed by atoms with van der Waals surface area (Å²) in [6, 6.07) is 1.13. The number of nitrogens with two attached hydrogens (primary N) is 1. The third-order valence-corrected chi connectivity index (χ3v) is 4.54. The van der Waals surface area contributed by atoms with Crippen molar-refractivity contribution in [2.24, 2.45) is 5.14 Å². The van der Waals surface area contributed by atoms with Crippen molar-refractivity contribution in [3.8, 4) is 0 Å². The molecule has 3 rings (SSSR count). The van der Waals surface area contributed by atoms with Crippen LogP contribution in [0.4, 0.5) is 5.69 Å². The number of likely N-dealkylation sites (N-methyl/N-ethyl adjacent to an activating group) is 1. The number of likely N-dealkylation sites (tertiary alicyclic amines) is 1. The molecule has 0 aromatic carbocycles. The SMILES string of the molecule is CN1CCCC(N(SN)c2cnn(C3CC3)c2)C1. The highest BCUT2D eigenvalue weighted by atomic mass is 32.2. The molecular weight excluding hydrogens is 246 g/mol. The van der Waals surface area contributed by atoms with E-state index in [0.29, 0.717) is 12.1 Å². The maximum Gasteiger partial charge on any atom is 0.0865 e. The minimum absolute atomic E-state index is 0.496. The summed E-state index contributed by atoms with van der Waals surface area (Å²) < 4.78 is 4.31.